The van der Waals surface area contributed by atoms with Crippen LogP contribution in [-0.2, 0) is 9.59 Å². The first-order valence-corrected chi connectivity index (χ1v) is 15.2. The van der Waals surface area contributed by atoms with E-state index in [1.54, 1.807) is 0 Å². The molecule has 0 aromatic rings. The molecule has 0 fully saturated rings. The Hall–Kier alpha value is -0.860. The van der Waals surface area contributed by atoms with Gasteiger partial charge in [-0.3, -0.25) is 14.9 Å². The van der Waals surface area contributed by atoms with Crippen molar-refractivity contribution in [3.63, 3.8) is 0 Å². The van der Waals surface area contributed by atoms with Crippen LogP contribution in [0, 0.1) is 5.41 Å². The van der Waals surface area contributed by atoms with Crippen LogP contribution in [0.5, 0.6) is 0 Å². The van der Waals surface area contributed by atoms with Gasteiger partial charge in [0, 0.05) is 12.8 Å². The van der Waals surface area contributed by atoms with Crippen LogP contribution in [0.2, 0.25) is 0 Å². The minimum atomic E-state index is -0.0803. The van der Waals surface area contributed by atoms with Crippen LogP contribution in [0.25, 0.3) is 0 Å². The average molecular weight is 480 g/mol. The minimum absolute atomic E-state index is 0.0802. The minimum Gasteiger partial charge on any atom is -0.296 e. The van der Waals surface area contributed by atoms with Crippen molar-refractivity contribution in [2.24, 2.45) is 5.41 Å². The topological polar surface area (TPSA) is 46.2 Å². The van der Waals surface area contributed by atoms with E-state index in [4.69, 9.17) is 0 Å². The molecule has 0 saturated carbocycles. The maximum atomic E-state index is 11.9. The first-order chi connectivity index (χ1) is 16.3. The van der Waals surface area contributed by atoms with Gasteiger partial charge in [0.25, 0.3) is 0 Å². The molecular formula is C31H61NO2. The first kappa shape index (κ1) is 33.1. The van der Waals surface area contributed by atoms with Gasteiger partial charge in [0.15, 0.2) is 0 Å². The monoisotopic (exact) mass is 479 g/mol. The molecule has 0 saturated heterocycles. The average Bonchev–Trinajstić information content (AvgIpc) is 2.77. The van der Waals surface area contributed by atoms with Gasteiger partial charge in [-0.05, 0) is 24.7 Å². The van der Waals surface area contributed by atoms with Crippen LogP contribution >= 0.6 is 0 Å². The Morgan fingerprint density at radius 2 is 0.765 bits per heavy atom. The zero-order valence-electron chi connectivity index (χ0n) is 23.8. The summed E-state index contributed by atoms with van der Waals surface area (Å²) < 4.78 is 0. The summed E-state index contributed by atoms with van der Waals surface area (Å²) in [6.07, 6.45) is 29.1. The van der Waals surface area contributed by atoms with E-state index < -0.39 is 0 Å². The number of hydrogen-bond acceptors (Lipinski definition) is 2. The van der Waals surface area contributed by atoms with Gasteiger partial charge in [0.2, 0.25) is 11.8 Å². The molecule has 202 valence electrons. The van der Waals surface area contributed by atoms with E-state index in [9.17, 15) is 9.59 Å². The van der Waals surface area contributed by atoms with Gasteiger partial charge in [0.1, 0.15) is 0 Å². The molecular weight excluding hydrogens is 418 g/mol. The Morgan fingerprint density at radius 3 is 1.09 bits per heavy atom. The lowest BCUT2D eigenvalue weighted by Gasteiger charge is -2.17. The summed E-state index contributed by atoms with van der Waals surface area (Å²) in [4.78, 5) is 23.9. The van der Waals surface area contributed by atoms with Crippen LogP contribution in [0.3, 0.4) is 0 Å². The molecule has 0 atom stereocenters. The summed E-state index contributed by atoms with van der Waals surface area (Å²) >= 11 is 0. The van der Waals surface area contributed by atoms with Gasteiger partial charge >= 0.3 is 0 Å². The van der Waals surface area contributed by atoms with Crippen molar-refractivity contribution in [2.75, 3.05) is 0 Å². The zero-order valence-corrected chi connectivity index (χ0v) is 23.8. The standard InChI is InChI=1S/C31H61NO2/c1-5-6-7-8-9-10-11-14-17-20-23-26-29(33)32-30(34)27-24-21-18-15-12-13-16-19-22-25-28-31(2,3)4/h5-28H2,1-4H3,(H,32,33,34). The van der Waals surface area contributed by atoms with Crippen LogP contribution in [0.4, 0.5) is 0 Å². The lowest BCUT2D eigenvalue weighted by atomic mass is 9.89. The van der Waals surface area contributed by atoms with E-state index in [1.165, 1.54) is 116 Å². The third kappa shape index (κ3) is 27.4. The smallest absolute Gasteiger partial charge is 0.226 e. The molecule has 3 heteroatoms. The molecule has 3 nitrogen and oxygen atoms in total. The third-order valence-corrected chi connectivity index (χ3v) is 6.87. The maximum Gasteiger partial charge on any atom is 0.226 e. The summed E-state index contributed by atoms with van der Waals surface area (Å²) in [6, 6.07) is 0. The summed E-state index contributed by atoms with van der Waals surface area (Å²) in [6.45, 7) is 9.24. The number of nitrogens with one attached hydrogen (secondary N) is 1. The van der Waals surface area contributed by atoms with Gasteiger partial charge in [-0.1, -0.05) is 150 Å². The molecule has 0 rings (SSSR count). The van der Waals surface area contributed by atoms with Crippen molar-refractivity contribution in [2.45, 2.75) is 182 Å². The van der Waals surface area contributed by atoms with Gasteiger partial charge < -0.3 is 0 Å². The lowest BCUT2D eigenvalue weighted by molar-refractivity contribution is -0.130. The fourth-order valence-electron chi connectivity index (χ4n) is 4.59. The van der Waals surface area contributed by atoms with Crippen LogP contribution < -0.4 is 5.32 Å². The quantitative estimate of drug-likeness (QED) is 0.140. The number of carbonyl (C=O) groups excluding carboxylic acids is 2. The molecule has 34 heavy (non-hydrogen) atoms. The van der Waals surface area contributed by atoms with E-state index >= 15 is 0 Å². The van der Waals surface area contributed by atoms with Crippen molar-refractivity contribution in [1.29, 1.82) is 0 Å². The van der Waals surface area contributed by atoms with Gasteiger partial charge in [-0.25, -0.2) is 0 Å². The predicted octanol–water partition coefficient (Wildman–Crippen LogP) is 10.1. The van der Waals surface area contributed by atoms with Crippen molar-refractivity contribution >= 4 is 11.8 Å². The predicted molar refractivity (Wildman–Crippen MR) is 149 cm³/mol. The second-order valence-electron chi connectivity index (χ2n) is 11.9. The van der Waals surface area contributed by atoms with Gasteiger partial charge in [-0.15, -0.1) is 0 Å². The highest BCUT2D eigenvalue weighted by atomic mass is 16.2. The molecule has 0 aliphatic heterocycles. The SMILES string of the molecule is CCCCCCCCCCCCCC(=O)NC(=O)CCCCCCCCCCCCC(C)(C)C. The highest BCUT2D eigenvalue weighted by Gasteiger charge is 2.09. The van der Waals surface area contributed by atoms with E-state index in [0.717, 1.165) is 25.7 Å². The molecule has 0 unspecified atom stereocenters. The molecule has 0 bridgehead atoms. The molecule has 0 aliphatic carbocycles. The first-order valence-electron chi connectivity index (χ1n) is 15.2. The largest absolute Gasteiger partial charge is 0.296 e. The summed E-state index contributed by atoms with van der Waals surface area (Å²) in [5, 5.41) is 2.58. The molecule has 0 heterocycles. The van der Waals surface area contributed by atoms with Crippen LogP contribution in [0.15, 0.2) is 0 Å². The van der Waals surface area contributed by atoms with Gasteiger partial charge in [-0.2, -0.15) is 0 Å². The molecule has 0 aromatic carbocycles. The summed E-state index contributed by atoms with van der Waals surface area (Å²) in [5.41, 5.74) is 0.483. The fourth-order valence-corrected chi connectivity index (χ4v) is 4.59. The van der Waals surface area contributed by atoms with Crippen molar-refractivity contribution in [3.8, 4) is 0 Å². The third-order valence-electron chi connectivity index (χ3n) is 6.87. The number of amides is 2. The number of rotatable bonds is 24. The highest BCUT2D eigenvalue weighted by Crippen LogP contribution is 2.22. The van der Waals surface area contributed by atoms with E-state index in [-0.39, 0.29) is 11.8 Å². The summed E-state index contributed by atoms with van der Waals surface area (Å²) in [5.74, 6) is -0.160. The van der Waals surface area contributed by atoms with Gasteiger partial charge in [0.05, 0.1) is 0 Å². The highest BCUT2D eigenvalue weighted by molar-refractivity contribution is 5.95. The number of unbranched alkanes of at least 4 members (excludes halogenated alkanes) is 19. The maximum absolute atomic E-state index is 11.9. The molecule has 1 N–H and O–H groups in total. The second-order valence-corrected chi connectivity index (χ2v) is 11.9. The van der Waals surface area contributed by atoms with E-state index in [0.29, 0.717) is 18.3 Å². The van der Waals surface area contributed by atoms with E-state index in [1.807, 2.05) is 0 Å². The molecule has 0 aromatic heterocycles. The van der Waals surface area contributed by atoms with E-state index in [2.05, 4.69) is 33.0 Å². The zero-order chi connectivity index (χ0) is 25.3. The van der Waals surface area contributed by atoms with Crippen LogP contribution in [-0.4, -0.2) is 11.8 Å². The fraction of sp³-hybridized carbons (Fsp3) is 0.935. The lowest BCUT2D eigenvalue weighted by Crippen LogP contribution is -2.29. The van der Waals surface area contributed by atoms with Crippen molar-refractivity contribution in [3.05, 3.63) is 0 Å². The molecule has 2 amide bonds. The van der Waals surface area contributed by atoms with Crippen molar-refractivity contribution < 1.29 is 9.59 Å². The normalized spacial score (nSPS) is 11.6. The number of imide groups is 1. The number of hydrogen-bond donors (Lipinski definition) is 1. The molecule has 0 radical (unpaired) electrons. The van der Waals surface area contributed by atoms with Crippen molar-refractivity contribution in [1.82, 2.24) is 5.32 Å². The Morgan fingerprint density at radius 1 is 0.471 bits per heavy atom. The Labute approximate surface area is 214 Å². The Bertz CT molecular complexity index is 467. The summed E-state index contributed by atoms with van der Waals surface area (Å²) in [7, 11) is 0. The Kier molecular flexibility index (Phi) is 23.3. The Balaban J connectivity index is 3.33. The second kappa shape index (κ2) is 23.9. The molecule has 0 spiro atoms. The van der Waals surface area contributed by atoms with Crippen LogP contribution in [0.1, 0.15) is 182 Å². The number of carbonyl (C=O) groups is 2. The molecule has 0 aliphatic rings.